The second-order valence-corrected chi connectivity index (χ2v) is 7.13. The lowest BCUT2D eigenvalue weighted by Gasteiger charge is -2.33. The van der Waals surface area contributed by atoms with E-state index >= 15 is 8.63 Å². The van der Waals surface area contributed by atoms with Crippen molar-refractivity contribution in [2.75, 3.05) is 0 Å². The Kier molecular flexibility index (Phi) is 3.73. The lowest BCUT2D eigenvalue weighted by molar-refractivity contribution is -0.363. The maximum atomic E-state index is 15.4. The first-order valence-corrected chi connectivity index (χ1v) is 8.61. The number of alkyl halides is 3. The van der Waals surface area contributed by atoms with Gasteiger partial charge in [-0.3, -0.25) is 0 Å². The van der Waals surface area contributed by atoms with Gasteiger partial charge in [-0.05, 0) is 38.1 Å². The molecule has 146 valence electrons. The van der Waals surface area contributed by atoms with Crippen molar-refractivity contribution in [3.8, 4) is 0 Å². The average molecular weight is 394 g/mol. The van der Waals surface area contributed by atoms with Crippen molar-refractivity contribution in [2.24, 2.45) is 0 Å². The molecule has 10 heteroatoms. The zero-order valence-electron chi connectivity index (χ0n) is 15.6. The minimum Gasteiger partial charge on any atom is -0.393 e. The molecule has 4 heterocycles. The van der Waals surface area contributed by atoms with Crippen LogP contribution in [0.4, 0.5) is 21.8 Å². The van der Waals surface area contributed by atoms with Gasteiger partial charge in [-0.25, -0.2) is 9.97 Å². The van der Waals surface area contributed by atoms with Crippen LogP contribution in [0.15, 0.2) is 35.8 Å². The Labute approximate surface area is 157 Å². The van der Waals surface area contributed by atoms with Crippen LogP contribution >= 0.6 is 0 Å². The Morgan fingerprint density at radius 1 is 1.04 bits per heavy atom. The summed E-state index contributed by atoms with van der Waals surface area (Å²) in [5, 5.41) is 0. The van der Waals surface area contributed by atoms with Gasteiger partial charge in [-0.1, -0.05) is 0 Å². The minimum atomic E-state index is -4.68. The van der Waals surface area contributed by atoms with Gasteiger partial charge in [0.05, 0.1) is 5.57 Å². The van der Waals surface area contributed by atoms with Crippen LogP contribution in [0.3, 0.4) is 0 Å². The van der Waals surface area contributed by atoms with Crippen LogP contribution in [0.2, 0.25) is 0 Å². The van der Waals surface area contributed by atoms with E-state index in [-0.39, 0.29) is 17.0 Å². The van der Waals surface area contributed by atoms with E-state index in [0.717, 1.165) is 21.4 Å². The van der Waals surface area contributed by atoms with Crippen molar-refractivity contribution < 1.29 is 26.3 Å². The molecule has 0 amide bonds. The van der Waals surface area contributed by atoms with Crippen molar-refractivity contribution in [2.45, 2.75) is 33.9 Å². The van der Waals surface area contributed by atoms with Crippen LogP contribution in [-0.2, 0) is 6.18 Å². The number of fused-ring (bicyclic) bond motifs is 2. The predicted octanol–water partition coefficient (Wildman–Crippen LogP) is 4.34. The van der Waals surface area contributed by atoms with Crippen LogP contribution in [0.1, 0.15) is 42.2 Å². The number of aryl methyl sites for hydroxylation is 2. The summed E-state index contributed by atoms with van der Waals surface area (Å²) < 4.78 is 71.4. The third kappa shape index (κ3) is 2.39. The second-order valence-electron chi connectivity index (χ2n) is 7.13. The second kappa shape index (κ2) is 5.62. The highest BCUT2D eigenvalue weighted by Crippen LogP contribution is 2.44. The normalized spacial score (nSPS) is 18.4. The molecule has 2 aromatic rings. The number of hydrogen-bond acceptors (Lipinski definition) is 2. The van der Waals surface area contributed by atoms with Crippen molar-refractivity contribution in [3.63, 3.8) is 0 Å². The molecule has 0 saturated carbocycles. The first-order valence-electron chi connectivity index (χ1n) is 8.61. The number of rotatable bonds is 1. The molecule has 0 atom stereocenters. The first-order chi connectivity index (χ1) is 12.9. The van der Waals surface area contributed by atoms with E-state index in [1.54, 1.807) is 39.8 Å². The van der Waals surface area contributed by atoms with E-state index < -0.39 is 19.0 Å². The third-order valence-electron chi connectivity index (χ3n) is 5.13. The highest BCUT2D eigenvalue weighted by molar-refractivity contribution is 6.58. The number of halogens is 5. The molecule has 0 unspecified atom stereocenters. The molecule has 0 bridgehead atoms. The lowest BCUT2D eigenvalue weighted by atomic mass is 9.84. The highest BCUT2D eigenvalue weighted by Gasteiger charge is 2.55. The van der Waals surface area contributed by atoms with Crippen LogP contribution in [0.25, 0.3) is 5.57 Å². The number of nitrogens with zero attached hydrogens (tertiary/aromatic N) is 4. The Morgan fingerprint density at radius 2 is 1.64 bits per heavy atom. The molecule has 4 rings (SSSR count). The van der Waals surface area contributed by atoms with E-state index in [2.05, 4.69) is 9.97 Å². The summed E-state index contributed by atoms with van der Waals surface area (Å²) >= 11 is 0. The Morgan fingerprint density at radius 3 is 2.21 bits per heavy atom. The van der Waals surface area contributed by atoms with Gasteiger partial charge in [0.2, 0.25) is 5.82 Å². The summed E-state index contributed by atoms with van der Waals surface area (Å²) in [5.74, 6) is -1.27. The lowest BCUT2D eigenvalue weighted by Crippen LogP contribution is -2.51. The van der Waals surface area contributed by atoms with Crippen molar-refractivity contribution in [1.82, 2.24) is 14.4 Å². The number of aromatic nitrogens is 3. The SMILES string of the molecule is CC1=CC(C)=[N+]2C1=C(c1cnc(C(F)(F)F)nc1)c1c(C)cc(C)n1[B-]2(F)F. The van der Waals surface area contributed by atoms with Gasteiger partial charge >= 0.3 is 13.1 Å². The molecule has 2 aliphatic rings. The largest absolute Gasteiger partial charge is 0.737 e. The summed E-state index contributed by atoms with van der Waals surface area (Å²) in [4.78, 5) is 6.84. The Balaban J connectivity index is 2.06. The summed E-state index contributed by atoms with van der Waals surface area (Å²) in [6.07, 6.45) is -0.946. The van der Waals surface area contributed by atoms with Gasteiger partial charge in [-0.15, -0.1) is 0 Å². The van der Waals surface area contributed by atoms with Crippen molar-refractivity contribution >= 4 is 18.3 Å². The molecular weight excluding hydrogens is 378 g/mol. The Bertz CT molecular complexity index is 1100. The standard InChI is InChI=1S/C18H16BF5N4/c1-9-5-11(3)27-15(9)14(13-7-25-17(26-8-13)18(20,21)22)16-10(2)6-12(4)28(16)19(27,23)24/h5-8H,1-4H3. The molecule has 28 heavy (non-hydrogen) atoms. The molecule has 2 aliphatic heterocycles. The van der Waals surface area contributed by atoms with E-state index in [1.165, 1.54) is 0 Å². The third-order valence-corrected chi connectivity index (χ3v) is 5.13. The quantitative estimate of drug-likeness (QED) is 0.533. The maximum absolute atomic E-state index is 15.4. The molecule has 0 aliphatic carbocycles. The van der Waals surface area contributed by atoms with E-state index in [0.29, 0.717) is 28.1 Å². The molecule has 0 N–H and O–H groups in total. The van der Waals surface area contributed by atoms with Crippen LogP contribution in [0.5, 0.6) is 0 Å². The van der Waals surface area contributed by atoms with Gasteiger partial charge in [0.15, 0.2) is 5.70 Å². The minimum absolute atomic E-state index is 0.254. The summed E-state index contributed by atoms with van der Waals surface area (Å²) in [6.45, 7) is 2.45. The fourth-order valence-electron chi connectivity index (χ4n) is 4.18. The molecule has 0 fully saturated rings. The highest BCUT2D eigenvalue weighted by atomic mass is 19.4. The molecule has 4 nitrogen and oxygen atoms in total. The molecule has 0 spiro atoms. The van der Waals surface area contributed by atoms with Gasteiger partial charge in [0.1, 0.15) is 5.71 Å². The van der Waals surface area contributed by atoms with Crippen molar-refractivity contribution in [3.05, 3.63) is 64.1 Å². The average Bonchev–Trinajstić information content (AvgIpc) is 3.05. The number of hydrogen-bond donors (Lipinski definition) is 0. The van der Waals surface area contributed by atoms with E-state index in [9.17, 15) is 13.2 Å². The van der Waals surface area contributed by atoms with E-state index in [1.807, 2.05) is 0 Å². The molecule has 2 aromatic heterocycles. The van der Waals surface area contributed by atoms with Crippen molar-refractivity contribution in [1.29, 1.82) is 0 Å². The van der Waals surface area contributed by atoms with Gasteiger partial charge in [0.25, 0.3) is 0 Å². The zero-order valence-corrected chi connectivity index (χ0v) is 15.6. The zero-order chi connectivity index (χ0) is 20.6. The summed E-state index contributed by atoms with van der Waals surface area (Å²) in [5.41, 5.74) is 3.18. The fraction of sp³-hybridized carbons (Fsp3) is 0.278. The smallest absolute Gasteiger partial charge is 0.393 e. The molecule has 0 aromatic carbocycles. The maximum Gasteiger partial charge on any atom is 0.737 e. The first kappa shape index (κ1) is 18.6. The van der Waals surface area contributed by atoms with Crippen LogP contribution in [-0.4, -0.2) is 31.6 Å². The summed E-state index contributed by atoms with van der Waals surface area (Å²) in [7, 11) is 0. The topological polar surface area (TPSA) is 33.7 Å². The van der Waals surface area contributed by atoms with Crippen LogP contribution in [0, 0.1) is 13.8 Å². The Hall–Kier alpha value is -2.78. The fourth-order valence-corrected chi connectivity index (χ4v) is 4.18. The van der Waals surface area contributed by atoms with Gasteiger partial charge in [-0.2, -0.15) is 13.2 Å². The summed E-state index contributed by atoms with van der Waals surface area (Å²) in [6, 6.07) is 1.65. The van der Waals surface area contributed by atoms with E-state index in [4.69, 9.17) is 0 Å². The predicted molar refractivity (Wildman–Crippen MR) is 95.0 cm³/mol. The number of allylic oxidation sites excluding steroid dienone is 2. The van der Waals surface area contributed by atoms with Gasteiger partial charge in [0, 0.05) is 42.2 Å². The molecule has 0 radical (unpaired) electrons. The monoisotopic (exact) mass is 394 g/mol. The van der Waals surface area contributed by atoms with Gasteiger partial charge < -0.3 is 17.6 Å². The van der Waals surface area contributed by atoms with Crippen LogP contribution < -0.4 is 0 Å². The molecular formula is C18H16BF5N4. The molecule has 0 saturated heterocycles.